The first-order valence-electron chi connectivity index (χ1n) is 6.81. The maximum absolute atomic E-state index is 12.9. The molecule has 2 rings (SSSR count). The van der Waals surface area contributed by atoms with Crippen LogP contribution in [-0.4, -0.2) is 37.8 Å². The zero-order valence-electron chi connectivity index (χ0n) is 11.4. The fourth-order valence-electron chi connectivity index (χ4n) is 2.61. The van der Waals surface area contributed by atoms with Crippen molar-refractivity contribution in [2.75, 3.05) is 32.9 Å². The summed E-state index contributed by atoms with van der Waals surface area (Å²) in [6, 6.07) is 3.23. The predicted octanol–water partition coefficient (Wildman–Crippen LogP) is 3.77. The highest BCUT2D eigenvalue weighted by Gasteiger charge is 2.32. The minimum absolute atomic E-state index is 0.194. The van der Waals surface area contributed by atoms with Gasteiger partial charge in [0.1, 0.15) is 0 Å². The summed E-state index contributed by atoms with van der Waals surface area (Å²) in [5.41, 5.74) is -0.191. The number of rotatable bonds is 4. The van der Waals surface area contributed by atoms with Crippen molar-refractivity contribution < 1.29 is 17.6 Å². The third-order valence-corrected chi connectivity index (χ3v) is 4.38. The Kier molecular flexibility index (Phi) is 5.62. The molecule has 0 saturated carbocycles. The molecule has 7 heteroatoms. The molecule has 1 saturated heterocycles. The molecule has 2 nitrogen and oxygen atoms in total. The molecule has 1 aromatic carbocycles. The van der Waals surface area contributed by atoms with Gasteiger partial charge in [0.2, 0.25) is 0 Å². The zero-order valence-corrected chi connectivity index (χ0v) is 13.0. The van der Waals surface area contributed by atoms with E-state index in [2.05, 4.69) is 21.2 Å². The first-order chi connectivity index (χ1) is 9.93. The van der Waals surface area contributed by atoms with Gasteiger partial charge in [0.25, 0.3) is 0 Å². The second-order valence-electron chi connectivity index (χ2n) is 5.01. The number of hydrogen-bond acceptors (Lipinski definition) is 2. The van der Waals surface area contributed by atoms with Crippen molar-refractivity contribution in [1.29, 1.82) is 0 Å². The molecule has 21 heavy (non-hydrogen) atoms. The Hall–Kier alpha value is -0.660. The van der Waals surface area contributed by atoms with Crippen LogP contribution in [0.2, 0.25) is 0 Å². The normalized spacial score (nSPS) is 18.7. The number of halogens is 5. The van der Waals surface area contributed by atoms with E-state index >= 15 is 0 Å². The maximum Gasteiger partial charge on any atom is 0.416 e. The summed E-state index contributed by atoms with van der Waals surface area (Å²) in [6.07, 6.45) is -4.20. The Morgan fingerprint density at radius 1 is 1.24 bits per heavy atom. The van der Waals surface area contributed by atoms with E-state index in [1.807, 2.05) is 4.90 Å². The number of hydrogen-bond donors (Lipinski definition) is 1. The van der Waals surface area contributed by atoms with E-state index in [1.165, 1.54) is 6.07 Å². The molecule has 0 bridgehead atoms. The second-order valence-corrected chi connectivity index (χ2v) is 5.87. The van der Waals surface area contributed by atoms with Gasteiger partial charge >= 0.3 is 6.18 Å². The van der Waals surface area contributed by atoms with E-state index in [1.54, 1.807) is 0 Å². The smallest absolute Gasteiger partial charge is 0.314 e. The minimum atomic E-state index is -4.39. The van der Waals surface area contributed by atoms with Crippen LogP contribution < -0.4 is 5.32 Å². The van der Waals surface area contributed by atoms with E-state index in [-0.39, 0.29) is 12.5 Å². The van der Waals surface area contributed by atoms with E-state index < -0.39 is 18.4 Å². The second kappa shape index (κ2) is 7.07. The molecule has 1 atom stereocenters. The number of nitrogens with one attached hydrogen (secondary N) is 1. The van der Waals surface area contributed by atoms with Crippen LogP contribution >= 0.6 is 15.9 Å². The number of nitrogens with zero attached hydrogens (tertiary/aromatic N) is 1. The number of benzene rings is 1. The minimum Gasteiger partial charge on any atom is -0.314 e. The van der Waals surface area contributed by atoms with Crippen LogP contribution in [0.25, 0.3) is 0 Å². The molecule has 0 amide bonds. The van der Waals surface area contributed by atoms with Crippen molar-refractivity contribution in [3.63, 3.8) is 0 Å². The topological polar surface area (TPSA) is 15.3 Å². The van der Waals surface area contributed by atoms with E-state index in [0.29, 0.717) is 23.1 Å². The molecular weight excluding hydrogens is 352 g/mol. The molecule has 1 aromatic rings. The Morgan fingerprint density at radius 2 is 1.90 bits per heavy atom. The fourth-order valence-corrected chi connectivity index (χ4v) is 3.12. The lowest BCUT2D eigenvalue weighted by Crippen LogP contribution is -2.45. The quantitative estimate of drug-likeness (QED) is 0.813. The molecule has 1 aliphatic heterocycles. The van der Waals surface area contributed by atoms with E-state index in [4.69, 9.17) is 0 Å². The van der Waals surface area contributed by atoms with E-state index in [0.717, 1.165) is 25.2 Å². The van der Waals surface area contributed by atoms with Crippen molar-refractivity contribution in [2.24, 2.45) is 0 Å². The molecule has 0 aromatic heterocycles. The summed E-state index contributed by atoms with van der Waals surface area (Å²) in [5, 5.41) is 3.19. The van der Waals surface area contributed by atoms with Gasteiger partial charge in [0.15, 0.2) is 0 Å². The highest BCUT2D eigenvalue weighted by Crippen LogP contribution is 2.36. The molecule has 0 spiro atoms. The van der Waals surface area contributed by atoms with Crippen molar-refractivity contribution in [3.8, 4) is 0 Å². The van der Waals surface area contributed by atoms with Gasteiger partial charge in [-0.05, 0) is 30.2 Å². The average Bonchev–Trinajstić information content (AvgIpc) is 2.45. The zero-order chi connectivity index (χ0) is 15.5. The Morgan fingerprint density at radius 3 is 2.48 bits per heavy atom. The van der Waals surface area contributed by atoms with Gasteiger partial charge in [0.05, 0.1) is 12.2 Å². The lowest BCUT2D eigenvalue weighted by atomic mass is 9.99. The lowest BCUT2D eigenvalue weighted by molar-refractivity contribution is -0.137. The van der Waals surface area contributed by atoms with Crippen molar-refractivity contribution >= 4 is 15.9 Å². The molecule has 118 valence electrons. The molecular formula is C14H17BrF4N2. The monoisotopic (exact) mass is 368 g/mol. The number of alkyl halides is 4. The van der Waals surface area contributed by atoms with Crippen molar-refractivity contribution in [1.82, 2.24) is 10.2 Å². The van der Waals surface area contributed by atoms with Crippen molar-refractivity contribution in [3.05, 3.63) is 33.8 Å². The molecule has 0 radical (unpaired) electrons. The molecule has 0 unspecified atom stereocenters. The SMILES string of the molecule is FCC[C@H](c1cc(C(F)(F)F)ccc1Br)N1CCNCC1. The summed E-state index contributed by atoms with van der Waals surface area (Å²) in [7, 11) is 0. The summed E-state index contributed by atoms with van der Waals surface area (Å²) >= 11 is 3.30. The Labute approximate surface area is 129 Å². The van der Waals surface area contributed by atoms with Gasteiger partial charge in [-0.2, -0.15) is 13.2 Å². The summed E-state index contributed by atoms with van der Waals surface area (Å²) in [5.74, 6) is 0. The molecule has 0 aliphatic carbocycles. The molecule has 1 fully saturated rings. The van der Waals surface area contributed by atoms with Crippen LogP contribution in [0, 0.1) is 0 Å². The largest absolute Gasteiger partial charge is 0.416 e. The average molecular weight is 369 g/mol. The fraction of sp³-hybridized carbons (Fsp3) is 0.571. The van der Waals surface area contributed by atoms with Crippen LogP contribution in [0.15, 0.2) is 22.7 Å². The highest BCUT2D eigenvalue weighted by atomic mass is 79.9. The summed E-state index contributed by atoms with van der Waals surface area (Å²) in [4.78, 5) is 2.04. The Balaban J connectivity index is 2.34. The van der Waals surface area contributed by atoms with Crippen LogP contribution in [-0.2, 0) is 6.18 Å². The number of piperazine rings is 1. The van der Waals surface area contributed by atoms with Crippen LogP contribution in [0.5, 0.6) is 0 Å². The third-order valence-electron chi connectivity index (χ3n) is 3.66. The van der Waals surface area contributed by atoms with Crippen LogP contribution in [0.1, 0.15) is 23.6 Å². The Bertz CT molecular complexity index is 473. The van der Waals surface area contributed by atoms with Gasteiger partial charge in [-0.25, -0.2) is 0 Å². The van der Waals surface area contributed by atoms with Crippen molar-refractivity contribution in [2.45, 2.75) is 18.6 Å². The lowest BCUT2D eigenvalue weighted by Gasteiger charge is -2.35. The van der Waals surface area contributed by atoms with Gasteiger partial charge in [-0.1, -0.05) is 15.9 Å². The van der Waals surface area contributed by atoms with E-state index in [9.17, 15) is 17.6 Å². The van der Waals surface area contributed by atoms with Gasteiger partial charge < -0.3 is 5.32 Å². The first-order valence-corrected chi connectivity index (χ1v) is 7.60. The molecule has 1 aliphatic rings. The first kappa shape index (κ1) is 16.7. The summed E-state index contributed by atoms with van der Waals surface area (Å²) in [6.45, 7) is 2.37. The maximum atomic E-state index is 12.9. The van der Waals surface area contributed by atoms with Crippen LogP contribution in [0.4, 0.5) is 17.6 Å². The van der Waals surface area contributed by atoms with Gasteiger partial charge in [-0.15, -0.1) is 0 Å². The molecule has 1 heterocycles. The highest BCUT2D eigenvalue weighted by molar-refractivity contribution is 9.10. The molecule has 1 N–H and O–H groups in total. The third kappa shape index (κ3) is 4.17. The van der Waals surface area contributed by atoms with Crippen LogP contribution in [0.3, 0.4) is 0 Å². The standard InChI is InChI=1S/C14H17BrF4N2/c15-12-2-1-10(14(17,18)19)9-11(12)13(3-4-16)21-7-5-20-6-8-21/h1-2,9,13,20H,3-8H2/t13-/m1/s1. The summed E-state index contributed by atoms with van der Waals surface area (Å²) < 4.78 is 52.1. The van der Waals surface area contributed by atoms with Gasteiger partial charge in [-0.3, -0.25) is 9.29 Å². The van der Waals surface area contributed by atoms with Gasteiger partial charge in [0, 0.05) is 36.7 Å². The predicted molar refractivity (Wildman–Crippen MR) is 76.9 cm³/mol.